The molecule has 4 nitrogen and oxygen atoms in total. The van der Waals surface area contributed by atoms with Crippen molar-refractivity contribution >= 4 is 33.2 Å². The molecule has 3 rings (SSSR count). The molecule has 6 heteroatoms. The number of nitrogens with zero attached hydrogens (tertiary/aromatic N) is 4. The number of aromatic nitrogens is 2. The molecule has 0 bridgehead atoms. The zero-order valence-electron chi connectivity index (χ0n) is 12.0. The third-order valence-corrected chi connectivity index (χ3v) is 5.22. The number of piperazine rings is 1. The van der Waals surface area contributed by atoms with Gasteiger partial charge in [0.15, 0.2) is 0 Å². The first kappa shape index (κ1) is 14.2. The summed E-state index contributed by atoms with van der Waals surface area (Å²) in [5, 5.41) is 3.54. The number of thiophene rings is 1. The van der Waals surface area contributed by atoms with E-state index in [2.05, 4.69) is 40.7 Å². The third-order valence-electron chi connectivity index (χ3n) is 4.13. The highest BCUT2D eigenvalue weighted by atomic mass is 35.5. The topological polar surface area (TPSA) is 32.3 Å². The van der Waals surface area contributed by atoms with Crippen molar-refractivity contribution in [1.82, 2.24) is 19.8 Å². The van der Waals surface area contributed by atoms with Gasteiger partial charge in [0.05, 0.1) is 6.54 Å². The molecule has 1 aliphatic heterocycles. The maximum Gasteiger partial charge on any atom is 0.145 e. The monoisotopic (exact) mass is 310 g/mol. The molecule has 2 atom stereocenters. The van der Waals surface area contributed by atoms with Gasteiger partial charge in [0.1, 0.15) is 15.8 Å². The fraction of sp³-hybridized carbons (Fsp3) is 0.571. The van der Waals surface area contributed by atoms with Gasteiger partial charge in [0.25, 0.3) is 0 Å². The van der Waals surface area contributed by atoms with Crippen molar-refractivity contribution in [3.8, 4) is 0 Å². The zero-order chi connectivity index (χ0) is 14.3. The van der Waals surface area contributed by atoms with Crippen LogP contribution in [-0.2, 0) is 6.54 Å². The number of hydrogen-bond donors (Lipinski definition) is 0. The second-order valence-electron chi connectivity index (χ2n) is 5.63. The van der Waals surface area contributed by atoms with E-state index in [0.29, 0.717) is 17.2 Å². The van der Waals surface area contributed by atoms with Gasteiger partial charge >= 0.3 is 0 Å². The molecule has 108 valence electrons. The molecule has 0 spiro atoms. The lowest BCUT2D eigenvalue weighted by molar-refractivity contribution is 0.0542. The Kier molecular flexibility index (Phi) is 3.95. The molecular formula is C14H19ClN4S. The Bertz CT molecular complexity index is 602. The predicted octanol–water partition coefficient (Wildman–Crippen LogP) is 2.87. The molecule has 2 aromatic heterocycles. The molecule has 0 N–H and O–H groups in total. The van der Waals surface area contributed by atoms with E-state index in [-0.39, 0.29) is 0 Å². The normalized spacial score (nSPS) is 25.4. The number of hydrogen-bond acceptors (Lipinski definition) is 5. The maximum absolute atomic E-state index is 6.23. The first-order valence-corrected chi connectivity index (χ1v) is 8.14. The first-order valence-electron chi connectivity index (χ1n) is 6.88. The highest BCUT2D eigenvalue weighted by Gasteiger charge is 2.27. The fourth-order valence-corrected chi connectivity index (χ4v) is 3.86. The van der Waals surface area contributed by atoms with Gasteiger partial charge in [-0.05, 0) is 32.3 Å². The summed E-state index contributed by atoms with van der Waals surface area (Å²) < 4.78 is 0. The number of fused-ring (bicyclic) bond motifs is 1. The smallest absolute Gasteiger partial charge is 0.145 e. The second kappa shape index (κ2) is 5.56. The van der Waals surface area contributed by atoms with Crippen molar-refractivity contribution in [1.29, 1.82) is 0 Å². The molecule has 20 heavy (non-hydrogen) atoms. The maximum atomic E-state index is 6.23. The van der Waals surface area contributed by atoms with Crippen LogP contribution in [0.4, 0.5) is 0 Å². The van der Waals surface area contributed by atoms with Gasteiger partial charge in [-0.25, -0.2) is 9.97 Å². The van der Waals surface area contributed by atoms with Gasteiger partial charge in [-0.1, -0.05) is 11.6 Å². The van der Waals surface area contributed by atoms with E-state index >= 15 is 0 Å². The zero-order valence-corrected chi connectivity index (χ0v) is 13.6. The molecule has 0 aromatic carbocycles. The summed E-state index contributed by atoms with van der Waals surface area (Å²) in [5.41, 5.74) is 0. The summed E-state index contributed by atoms with van der Waals surface area (Å²) in [5.74, 6) is 0.828. The van der Waals surface area contributed by atoms with Gasteiger partial charge in [-0.3, -0.25) is 9.80 Å². The van der Waals surface area contributed by atoms with E-state index in [1.165, 1.54) is 0 Å². The second-order valence-corrected chi connectivity index (χ2v) is 6.88. The summed E-state index contributed by atoms with van der Waals surface area (Å²) in [4.78, 5) is 14.9. The number of rotatable bonds is 2. The highest BCUT2D eigenvalue weighted by Crippen LogP contribution is 2.25. The quantitative estimate of drug-likeness (QED) is 0.798. The third kappa shape index (κ3) is 2.68. The largest absolute Gasteiger partial charge is 0.298 e. The molecule has 1 fully saturated rings. The summed E-state index contributed by atoms with van der Waals surface area (Å²) in [6.07, 6.45) is 0. The van der Waals surface area contributed by atoms with Crippen molar-refractivity contribution in [2.24, 2.45) is 0 Å². The van der Waals surface area contributed by atoms with Crippen LogP contribution in [0.25, 0.3) is 10.2 Å². The number of likely N-dealkylation sites (N-methyl/N-ethyl adjacent to an activating group) is 1. The molecule has 0 radical (unpaired) electrons. The van der Waals surface area contributed by atoms with Gasteiger partial charge < -0.3 is 0 Å². The van der Waals surface area contributed by atoms with Gasteiger partial charge in [-0.15, -0.1) is 11.3 Å². The lowest BCUT2D eigenvalue weighted by Gasteiger charge is -2.42. The lowest BCUT2D eigenvalue weighted by atomic mass is 10.1. The molecule has 3 heterocycles. The van der Waals surface area contributed by atoms with E-state index in [9.17, 15) is 0 Å². The van der Waals surface area contributed by atoms with Crippen LogP contribution >= 0.6 is 22.9 Å². The van der Waals surface area contributed by atoms with Crippen LogP contribution < -0.4 is 0 Å². The van der Waals surface area contributed by atoms with Crippen LogP contribution in [0, 0.1) is 0 Å². The minimum atomic E-state index is 0.555. The minimum Gasteiger partial charge on any atom is -0.298 e. The van der Waals surface area contributed by atoms with Crippen LogP contribution in [0.5, 0.6) is 0 Å². The highest BCUT2D eigenvalue weighted by molar-refractivity contribution is 7.16. The van der Waals surface area contributed by atoms with E-state index in [1.54, 1.807) is 11.3 Å². The van der Waals surface area contributed by atoms with E-state index in [0.717, 1.165) is 35.7 Å². The molecule has 2 aromatic rings. The summed E-state index contributed by atoms with van der Waals surface area (Å²) in [6.45, 7) is 7.39. The molecule has 0 saturated carbocycles. The molecule has 1 aliphatic rings. The Morgan fingerprint density at radius 1 is 1.30 bits per heavy atom. The van der Waals surface area contributed by atoms with Gasteiger partial charge in [0.2, 0.25) is 0 Å². The lowest BCUT2D eigenvalue weighted by Crippen LogP contribution is -2.54. The van der Waals surface area contributed by atoms with Crippen LogP contribution in [0.1, 0.15) is 19.7 Å². The van der Waals surface area contributed by atoms with Crippen molar-refractivity contribution in [2.75, 3.05) is 20.1 Å². The average Bonchev–Trinajstić information content (AvgIpc) is 2.84. The molecule has 0 aliphatic carbocycles. The van der Waals surface area contributed by atoms with Crippen LogP contribution in [0.2, 0.25) is 5.15 Å². The first-order chi connectivity index (χ1) is 9.54. The Morgan fingerprint density at radius 2 is 2.00 bits per heavy atom. The SMILES string of the molecule is CC1CN(Cc2nc(Cl)c3ccsc3n2)CC(C)N1C. The average molecular weight is 311 g/mol. The molecule has 1 saturated heterocycles. The Balaban J connectivity index is 1.79. The van der Waals surface area contributed by atoms with Crippen LogP contribution in [0.3, 0.4) is 0 Å². The van der Waals surface area contributed by atoms with E-state index in [4.69, 9.17) is 11.6 Å². The Hall–Kier alpha value is -0.750. The van der Waals surface area contributed by atoms with Crippen molar-refractivity contribution in [2.45, 2.75) is 32.5 Å². The summed E-state index contributed by atoms with van der Waals surface area (Å²) in [6, 6.07) is 3.09. The van der Waals surface area contributed by atoms with E-state index < -0.39 is 0 Å². The Morgan fingerprint density at radius 3 is 2.70 bits per heavy atom. The van der Waals surface area contributed by atoms with Gasteiger partial charge in [-0.2, -0.15) is 0 Å². The fourth-order valence-electron chi connectivity index (χ4n) is 2.77. The van der Waals surface area contributed by atoms with E-state index in [1.807, 2.05) is 11.4 Å². The number of halogens is 1. The summed E-state index contributed by atoms with van der Waals surface area (Å²) >= 11 is 7.85. The van der Waals surface area contributed by atoms with Crippen LogP contribution in [0.15, 0.2) is 11.4 Å². The van der Waals surface area contributed by atoms with Crippen LogP contribution in [-0.4, -0.2) is 52.0 Å². The van der Waals surface area contributed by atoms with Gasteiger partial charge in [0, 0.05) is 30.6 Å². The Labute approximate surface area is 128 Å². The molecule has 0 amide bonds. The predicted molar refractivity (Wildman–Crippen MR) is 84.4 cm³/mol. The van der Waals surface area contributed by atoms with Crippen molar-refractivity contribution < 1.29 is 0 Å². The summed E-state index contributed by atoms with van der Waals surface area (Å²) in [7, 11) is 2.19. The van der Waals surface area contributed by atoms with Crippen molar-refractivity contribution in [3.63, 3.8) is 0 Å². The van der Waals surface area contributed by atoms with Crippen molar-refractivity contribution in [3.05, 3.63) is 22.4 Å². The molecule has 2 unspecified atom stereocenters. The minimum absolute atomic E-state index is 0.555. The standard InChI is InChI=1S/C14H19ClN4S/c1-9-6-19(7-10(2)18(9)3)8-12-16-13(15)11-4-5-20-14(11)17-12/h4-5,9-10H,6-8H2,1-3H3. The molecular weight excluding hydrogens is 292 g/mol.